The first-order valence-electron chi connectivity index (χ1n) is 8.48. The van der Waals surface area contributed by atoms with Crippen LogP contribution < -0.4 is 15.4 Å². The molecule has 3 aromatic rings. The monoisotopic (exact) mass is 345 g/mol. The Bertz CT molecular complexity index is 969. The molecule has 5 heteroatoms. The lowest BCUT2D eigenvalue weighted by Gasteiger charge is -2.10. The topological polar surface area (TPSA) is 63.2 Å². The molecule has 2 amide bonds. The molecule has 0 atom stereocenters. The van der Waals surface area contributed by atoms with Crippen LogP contribution in [0.25, 0.3) is 11.1 Å². The normalized spacial score (nSPS) is 11.4. The summed E-state index contributed by atoms with van der Waals surface area (Å²) in [5.74, 6) is 0.530. The Hall–Kier alpha value is -3.34. The molecule has 26 heavy (non-hydrogen) atoms. The molecule has 5 nitrogen and oxygen atoms in total. The smallest absolute Gasteiger partial charge is 0.319 e. The van der Waals surface area contributed by atoms with Crippen LogP contribution in [0.4, 0.5) is 10.5 Å². The number of nitrogens with zero attached hydrogens (tertiary/aromatic N) is 1. The van der Waals surface area contributed by atoms with Crippen molar-refractivity contribution in [2.45, 2.75) is 13.0 Å². The third-order valence-electron chi connectivity index (χ3n) is 4.51. The first-order chi connectivity index (χ1) is 12.7. The summed E-state index contributed by atoms with van der Waals surface area (Å²) < 4.78 is 5.09. The van der Waals surface area contributed by atoms with Crippen molar-refractivity contribution in [2.24, 2.45) is 0 Å². The van der Waals surface area contributed by atoms with Gasteiger partial charge < -0.3 is 15.4 Å². The highest BCUT2D eigenvalue weighted by atomic mass is 16.5. The highest BCUT2D eigenvalue weighted by Crippen LogP contribution is 2.37. The van der Waals surface area contributed by atoms with Crippen molar-refractivity contribution in [3.63, 3.8) is 0 Å². The van der Waals surface area contributed by atoms with Crippen LogP contribution in [0.3, 0.4) is 0 Å². The van der Waals surface area contributed by atoms with E-state index in [0.29, 0.717) is 12.4 Å². The second-order valence-electron chi connectivity index (χ2n) is 6.22. The number of methoxy groups -OCH3 is 1. The number of aromatic nitrogens is 1. The predicted octanol–water partition coefficient (Wildman–Crippen LogP) is 3.98. The van der Waals surface area contributed by atoms with E-state index in [1.165, 1.54) is 22.3 Å². The average molecular weight is 345 g/mol. The number of ether oxygens (including phenoxy) is 1. The van der Waals surface area contributed by atoms with Crippen molar-refractivity contribution in [3.8, 4) is 17.0 Å². The van der Waals surface area contributed by atoms with E-state index in [1.54, 1.807) is 19.4 Å². The molecule has 0 saturated carbocycles. The summed E-state index contributed by atoms with van der Waals surface area (Å²) in [6.45, 7) is 0.404. The third kappa shape index (κ3) is 3.24. The van der Waals surface area contributed by atoms with Gasteiger partial charge in [-0.15, -0.1) is 0 Å². The molecule has 0 unspecified atom stereocenters. The van der Waals surface area contributed by atoms with E-state index in [9.17, 15) is 4.79 Å². The second kappa shape index (κ2) is 6.88. The molecule has 1 aliphatic rings. The van der Waals surface area contributed by atoms with Crippen molar-refractivity contribution in [2.75, 3.05) is 12.4 Å². The lowest BCUT2D eigenvalue weighted by molar-refractivity contribution is 0.251. The number of benzene rings is 2. The third-order valence-corrected chi connectivity index (χ3v) is 4.51. The van der Waals surface area contributed by atoms with Crippen LogP contribution in [-0.4, -0.2) is 18.1 Å². The van der Waals surface area contributed by atoms with Crippen LogP contribution in [0.2, 0.25) is 0 Å². The van der Waals surface area contributed by atoms with E-state index in [1.807, 2.05) is 18.2 Å². The van der Waals surface area contributed by atoms with Crippen LogP contribution >= 0.6 is 0 Å². The highest BCUT2D eigenvalue weighted by molar-refractivity contribution is 5.90. The van der Waals surface area contributed by atoms with Gasteiger partial charge in [0.25, 0.3) is 0 Å². The van der Waals surface area contributed by atoms with Crippen LogP contribution in [0, 0.1) is 0 Å². The Morgan fingerprint density at radius 2 is 1.92 bits per heavy atom. The molecule has 1 aromatic heterocycles. The fourth-order valence-electron chi connectivity index (χ4n) is 3.25. The summed E-state index contributed by atoms with van der Waals surface area (Å²) in [5, 5.41) is 5.75. The first kappa shape index (κ1) is 16.1. The molecule has 130 valence electrons. The van der Waals surface area contributed by atoms with Gasteiger partial charge in [0.05, 0.1) is 7.11 Å². The van der Waals surface area contributed by atoms with E-state index >= 15 is 0 Å². The molecule has 0 fully saturated rings. The van der Waals surface area contributed by atoms with Gasteiger partial charge in [-0.25, -0.2) is 9.78 Å². The van der Waals surface area contributed by atoms with Gasteiger partial charge in [0.1, 0.15) is 0 Å². The minimum Gasteiger partial charge on any atom is -0.481 e. The van der Waals surface area contributed by atoms with Crippen LogP contribution in [0.15, 0.2) is 60.8 Å². The van der Waals surface area contributed by atoms with Gasteiger partial charge in [0, 0.05) is 24.5 Å². The molecule has 0 bridgehead atoms. The lowest BCUT2D eigenvalue weighted by atomic mass is 10.1. The van der Waals surface area contributed by atoms with Gasteiger partial charge in [-0.05, 0) is 52.4 Å². The van der Waals surface area contributed by atoms with Crippen molar-refractivity contribution >= 4 is 11.7 Å². The Labute approximate surface area is 152 Å². The van der Waals surface area contributed by atoms with Crippen LogP contribution in [-0.2, 0) is 13.0 Å². The number of urea groups is 1. The minimum absolute atomic E-state index is 0.240. The lowest BCUT2D eigenvalue weighted by Crippen LogP contribution is -2.28. The van der Waals surface area contributed by atoms with E-state index in [4.69, 9.17) is 4.74 Å². The van der Waals surface area contributed by atoms with E-state index < -0.39 is 0 Å². The highest BCUT2D eigenvalue weighted by Gasteiger charge is 2.18. The summed E-state index contributed by atoms with van der Waals surface area (Å²) in [4.78, 5) is 16.2. The number of fused-ring (bicyclic) bond motifs is 3. The average Bonchev–Trinajstić information content (AvgIpc) is 3.04. The van der Waals surface area contributed by atoms with Gasteiger partial charge in [0.2, 0.25) is 5.88 Å². The molecule has 4 rings (SSSR count). The van der Waals surface area contributed by atoms with Gasteiger partial charge >= 0.3 is 6.03 Å². The van der Waals surface area contributed by atoms with Crippen LogP contribution in [0.1, 0.15) is 16.7 Å². The molecule has 2 N–H and O–H groups in total. The maximum atomic E-state index is 12.2. The zero-order chi connectivity index (χ0) is 17.9. The molecular formula is C21H19N3O2. The number of anilines is 1. The molecule has 0 saturated heterocycles. The summed E-state index contributed by atoms with van der Waals surface area (Å²) in [7, 11) is 1.57. The van der Waals surface area contributed by atoms with E-state index in [-0.39, 0.29) is 6.03 Å². The number of nitrogens with one attached hydrogen (secondary N) is 2. The Kier molecular flexibility index (Phi) is 4.27. The number of hydrogen-bond donors (Lipinski definition) is 2. The molecule has 1 aliphatic carbocycles. The number of pyridine rings is 1. The SMILES string of the molecule is COc1cc(CNC(=O)Nc2ccc3c(c2)Cc2ccccc2-3)ccn1. The van der Waals surface area contributed by atoms with Crippen molar-refractivity contribution in [1.29, 1.82) is 0 Å². The zero-order valence-electron chi connectivity index (χ0n) is 14.5. The first-order valence-corrected chi connectivity index (χ1v) is 8.48. The number of carbonyl (C=O) groups excluding carboxylic acids is 1. The second-order valence-corrected chi connectivity index (χ2v) is 6.22. The number of amides is 2. The van der Waals surface area contributed by atoms with Gasteiger partial charge in [-0.1, -0.05) is 30.3 Å². The van der Waals surface area contributed by atoms with Crippen molar-refractivity contribution in [1.82, 2.24) is 10.3 Å². The molecule has 0 aliphatic heterocycles. The predicted molar refractivity (Wildman–Crippen MR) is 101 cm³/mol. The Morgan fingerprint density at radius 3 is 2.81 bits per heavy atom. The van der Waals surface area contributed by atoms with E-state index in [2.05, 4.69) is 45.9 Å². The van der Waals surface area contributed by atoms with Crippen LogP contribution in [0.5, 0.6) is 5.88 Å². The van der Waals surface area contributed by atoms with E-state index in [0.717, 1.165) is 17.7 Å². The van der Waals surface area contributed by atoms with Gasteiger partial charge in [-0.2, -0.15) is 0 Å². The maximum Gasteiger partial charge on any atom is 0.319 e. The molecular weight excluding hydrogens is 326 g/mol. The minimum atomic E-state index is -0.240. The van der Waals surface area contributed by atoms with Crippen molar-refractivity contribution in [3.05, 3.63) is 77.5 Å². The molecule has 0 radical (unpaired) electrons. The molecule has 1 heterocycles. The van der Waals surface area contributed by atoms with Gasteiger partial charge in [0.15, 0.2) is 0 Å². The zero-order valence-corrected chi connectivity index (χ0v) is 14.5. The summed E-state index contributed by atoms with van der Waals surface area (Å²) in [5.41, 5.74) is 6.82. The van der Waals surface area contributed by atoms with Crippen molar-refractivity contribution < 1.29 is 9.53 Å². The van der Waals surface area contributed by atoms with Gasteiger partial charge in [-0.3, -0.25) is 0 Å². The molecule has 2 aromatic carbocycles. The number of hydrogen-bond acceptors (Lipinski definition) is 3. The Morgan fingerprint density at radius 1 is 1.08 bits per heavy atom. The molecule has 0 spiro atoms. The summed E-state index contributed by atoms with van der Waals surface area (Å²) >= 11 is 0. The number of rotatable bonds is 4. The fraction of sp³-hybridized carbons (Fsp3) is 0.143. The quantitative estimate of drug-likeness (QED) is 0.588. The fourth-order valence-corrected chi connectivity index (χ4v) is 3.25. The largest absolute Gasteiger partial charge is 0.481 e. The standard InChI is InChI=1S/C21H19N3O2/c1-26-20-10-14(8-9-22-20)13-23-21(25)24-17-6-7-19-16(12-17)11-15-4-2-3-5-18(15)19/h2-10,12H,11,13H2,1H3,(H2,23,24,25). The Balaban J connectivity index is 1.40. The number of carbonyl (C=O) groups is 1. The maximum absolute atomic E-state index is 12.2. The summed E-state index contributed by atoms with van der Waals surface area (Å²) in [6.07, 6.45) is 2.56. The summed E-state index contributed by atoms with van der Waals surface area (Å²) in [6, 6.07) is 17.9.